The molecule has 1 atom stereocenters. The summed E-state index contributed by atoms with van der Waals surface area (Å²) in [5.41, 5.74) is 1.12. The van der Waals surface area contributed by atoms with Crippen LogP contribution in [-0.2, 0) is 6.42 Å². The zero-order valence-corrected chi connectivity index (χ0v) is 11.7. The predicted molar refractivity (Wildman–Crippen MR) is 75.7 cm³/mol. The minimum atomic E-state index is 0.398. The molecule has 1 nitrogen and oxygen atoms in total. The molecule has 17 heavy (non-hydrogen) atoms. The lowest BCUT2D eigenvalue weighted by Crippen LogP contribution is -2.27. The molecule has 3 heteroatoms. The lowest BCUT2D eigenvalue weighted by atomic mass is 10.0. The van der Waals surface area contributed by atoms with Gasteiger partial charge in [0.15, 0.2) is 0 Å². The number of likely N-dealkylation sites (N-methyl/N-ethyl adjacent to an activating group) is 1. The summed E-state index contributed by atoms with van der Waals surface area (Å²) in [5, 5.41) is 4.70. The van der Waals surface area contributed by atoms with Crippen molar-refractivity contribution in [3.8, 4) is 11.8 Å². The molecular weight excluding hydrogens is 253 g/mol. The van der Waals surface area contributed by atoms with E-state index >= 15 is 0 Å². The van der Waals surface area contributed by atoms with Gasteiger partial charge in [-0.15, -0.1) is 11.8 Å². The molecule has 1 unspecified atom stereocenters. The van der Waals surface area contributed by atoms with Crippen molar-refractivity contribution in [3.05, 3.63) is 33.8 Å². The summed E-state index contributed by atoms with van der Waals surface area (Å²) >= 11 is 12.0. The maximum atomic E-state index is 6.15. The highest BCUT2D eigenvalue weighted by molar-refractivity contribution is 6.35. The highest BCUT2D eigenvalue weighted by atomic mass is 35.5. The van der Waals surface area contributed by atoms with Crippen LogP contribution in [0.3, 0.4) is 0 Å². The second-order valence-corrected chi connectivity index (χ2v) is 4.73. The molecule has 0 radical (unpaired) electrons. The van der Waals surface area contributed by atoms with E-state index in [2.05, 4.69) is 17.2 Å². The normalized spacial score (nSPS) is 11.8. The van der Waals surface area contributed by atoms with Crippen LogP contribution in [0.25, 0.3) is 0 Å². The molecule has 1 aromatic rings. The Morgan fingerprint density at radius 2 is 2.12 bits per heavy atom. The van der Waals surface area contributed by atoms with Crippen LogP contribution in [0.1, 0.15) is 25.3 Å². The molecule has 0 bridgehead atoms. The van der Waals surface area contributed by atoms with E-state index in [4.69, 9.17) is 23.2 Å². The Bertz CT molecular complexity index is 418. The van der Waals surface area contributed by atoms with Crippen LogP contribution < -0.4 is 5.32 Å². The van der Waals surface area contributed by atoms with Crippen LogP contribution in [0.5, 0.6) is 0 Å². The van der Waals surface area contributed by atoms with Gasteiger partial charge in [0.1, 0.15) is 0 Å². The molecule has 0 heterocycles. The summed E-state index contributed by atoms with van der Waals surface area (Å²) in [6.07, 6.45) is 2.83. The van der Waals surface area contributed by atoms with Crippen molar-refractivity contribution in [2.45, 2.75) is 32.2 Å². The van der Waals surface area contributed by atoms with Gasteiger partial charge in [0.2, 0.25) is 0 Å². The summed E-state index contributed by atoms with van der Waals surface area (Å²) < 4.78 is 0. The Morgan fingerprint density at radius 1 is 1.35 bits per heavy atom. The number of halogens is 2. The van der Waals surface area contributed by atoms with Gasteiger partial charge < -0.3 is 5.32 Å². The third-order valence-corrected chi connectivity index (χ3v) is 3.27. The van der Waals surface area contributed by atoms with E-state index in [1.54, 1.807) is 6.07 Å². The predicted octanol–water partition coefficient (Wildman–Crippen LogP) is 3.93. The van der Waals surface area contributed by atoms with Crippen molar-refractivity contribution in [2.24, 2.45) is 0 Å². The summed E-state index contributed by atoms with van der Waals surface area (Å²) in [6.45, 7) is 1.87. The van der Waals surface area contributed by atoms with Crippen molar-refractivity contribution in [3.63, 3.8) is 0 Å². The van der Waals surface area contributed by atoms with Crippen molar-refractivity contribution in [1.82, 2.24) is 5.32 Å². The Labute approximate surface area is 114 Å². The zero-order chi connectivity index (χ0) is 12.7. The van der Waals surface area contributed by atoms with Gasteiger partial charge >= 0.3 is 0 Å². The summed E-state index contributed by atoms with van der Waals surface area (Å²) in [6, 6.07) is 6.05. The van der Waals surface area contributed by atoms with Crippen LogP contribution >= 0.6 is 23.2 Å². The fraction of sp³-hybridized carbons (Fsp3) is 0.429. The number of rotatable bonds is 5. The first-order chi connectivity index (χ1) is 8.17. The minimum absolute atomic E-state index is 0.398. The van der Waals surface area contributed by atoms with Gasteiger partial charge in [-0.05, 0) is 44.5 Å². The molecule has 1 rings (SSSR count). The molecular formula is C14H17Cl2N. The number of benzene rings is 1. The lowest BCUT2D eigenvalue weighted by molar-refractivity contribution is 0.528. The molecule has 0 aliphatic rings. The van der Waals surface area contributed by atoms with Gasteiger partial charge in [0.05, 0.1) is 0 Å². The Morgan fingerprint density at radius 3 is 2.71 bits per heavy atom. The first-order valence-corrected chi connectivity index (χ1v) is 6.43. The zero-order valence-electron chi connectivity index (χ0n) is 10.2. The van der Waals surface area contributed by atoms with Crippen molar-refractivity contribution in [1.29, 1.82) is 0 Å². The van der Waals surface area contributed by atoms with E-state index in [1.807, 2.05) is 26.1 Å². The van der Waals surface area contributed by atoms with Crippen LogP contribution in [0, 0.1) is 11.8 Å². The van der Waals surface area contributed by atoms with Gasteiger partial charge in [0, 0.05) is 22.5 Å². The van der Waals surface area contributed by atoms with E-state index in [-0.39, 0.29) is 0 Å². The third-order valence-electron chi connectivity index (χ3n) is 2.68. The molecule has 0 saturated carbocycles. The standard InChI is InChI=1S/C14H17Cl2N/c1-3-4-5-6-13(17-2)9-11-7-8-12(15)10-14(11)16/h7-8,10,13,17H,5-6,9H2,1-2H3. The average Bonchev–Trinajstić information content (AvgIpc) is 2.31. The van der Waals surface area contributed by atoms with E-state index in [9.17, 15) is 0 Å². The second kappa shape index (κ2) is 7.61. The molecule has 0 fully saturated rings. The average molecular weight is 270 g/mol. The van der Waals surface area contributed by atoms with Crippen LogP contribution in [0.2, 0.25) is 10.0 Å². The van der Waals surface area contributed by atoms with E-state index in [0.717, 1.165) is 29.8 Å². The van der Waals surface area contributed by atoms with Crippen LogP contribution in [0.15, 0.2) is 18.2 Å². The van der Waals surface area contributed by atoms with Gasteiger partial charge in [-0.2, -0.15) is 0 Å². The maximum absolute atomic E-state index is 6.15. The van der Waals surface area contributed by atoms with Crippen LogP contribution in [-0.4, -0.2) is 13.1 Å². The molecule has 92 valence electrons. The van der Waals surface area contributed by atoms with Crippen molar-refractivity contribution < 1.29 is 0 Å². The highest BCUT2D eigenvalue weighted by Crippen LogP contribution is 2.22. The first kappa shape index (κ1) is 14.4. The largest absolute Gasteiger partial charge is 0.317 e. The quantitative estimate of drug-likeness (QED) is 0.799. The molecule has 0 spiro atoms. The van der Waals surface area contributed by atoms with E-state index < -0.39 is 0 Å². The van der Waals surface area contributed by atoms with Crippen molar-refractivity contribution in [2.75, 3.05) is 7.05 Å². The summed E-state index contributed by atoms with van der Waals surface area (Å²) in [4.78, 5) is 0. The maximum Gasteiger partial charge on any atom is 0.0453 e. The first-order valence-electron chi connectivity index (χ1n) is 5.68. The summed E-state index contributed by atoms with van der Waals surface area (Å²) in [7, 11) is 1.97. The van der Waals surface area contributed by atoms with Gasteiger partial charge in [-0.25, -0.2) is 0 Å². The Kier molecular flexibility index (Phi) is 6.44. The monoisotopic (exact) mass is 269 g/mol. The number of nitrogens with one attached hydrogen (secondary N) is 1. The Hall–Kier alpha value is -0.680. The molecule has 0 saturated heterocycles. The molecule has 0 aromatic heterocycles. The fourth-order valence-electron chi connectivity index (χ4n) is 1.67. The van der Waals surface area contributed by atoms with Crippen LogP contribution in [0.4, 0.5) is 0 Å². The smallest absolute Gasteiger partial charge is 0.0453 e. The van der Waals surface area contributed by atoms with Gasteiger partial charge in [-0.1, -0.05) is 29.3 Å². The van der Waals surface area contributed by atoms with Crippen molar-refractivity contribution >= 4 is 23.2 Å². The SMILES string of the molecule is CC#CCCC(Cc1ccc(Cl)cc1Cl)NC. The number of hydrogen-bond acceptors (Lipinski definition) is 1. The lowest BCUT2D eigenvalue weighted by Gasteiger charge is -2.15. The van der Waals surface area contributed by atoms with E-state index in [1.165, 1.54) is 0 Å². The Balaban J connectivity index is 2.62. The minimum Gasteiger partial charge on any atom is -0.317 e. The highest BCUT2D eigenvalue weighted by Gasteiger charge is 2.09. The molecule has 1 aromatic carbocycles. The topological polar surface area (TPSA) is 12.0 Å². The molecule has 0 amide bonds. The second-order valence-electron chi connectivity index (χ2n) is 3.89. The molecule has 0 aliphatic heterocycles. The van der Waals surface area contributed by atoms with Gasteiger partial charge in [0.25, 0.3) is 0 Å². The number of hydrogen-bond donors (Lipinski definition) is 1. The fourth-order valence-corrected chi connectivity index (χ4v) is 2.16. The van der Waals surface area contributed by atoms with Gasteiger partial charge in [-0.3, -0.25) is 0 Å². The molecule has 0 aliphatic carbocycles. The summed E-state index contributed by atoms with van der Waals surface area (Å²) in [5.74, 6) is 5.99. The molecule has 1 N–H and O–H groups in total. The third kappa shape index (κ3) is 5.00. The van der Waals surface area contributed by atoms with E-state index in [0.29, 0.717) is 11.1 Å².